The molecule has 3 aromatic rings. The highest BCUT2D eigenvalue weighted by Gasteiger charge is 2.30. The molecule has 0 atom stereocenters. The SMILES string of the molecule is COc1cc(/C=N\NC(=O)c2cccc(C(F)(F)F)c2)ccc1OCc1ccc(Cl)cc1. The minimum absolute atomic E-state index is 0.152. The van der Waals surface area contributed by atoms with Gasteiger partial charge in [0.25, 0.3) is 5.91 Å². The van der Waals surface area contributed by atoms with Gasteiger partial charge in [-0.05, 0) is 59.7 Å². The number of nitrogens with zero attached hydrogens (tertiary/aromatic N) is 1. The standard InChI is InChI=1S/C23H18ClF3N2O3/c1-31-21-11-16(7-10-20(21)32-14-15-5-8-19(24)9-6-15)13-28-29-22(30)17-3-2-4-18(12-17)23(25,26)27/h2-13H,14H2,1H3,(H,29,30)/b28-13-. The summed E-state index contributed by atoms with van der Waals surface area (Å²) in [6.45, 7) is 0.314. The molecule has 0 unspecified atom stereocenters. The van der Waals surface area contributed by atoms with Crippen LogP contribution in [-0.2, 0) is 12.8 Å². The Balaban J connectivity index is 1.63. The lowest BCUT2D eigenvalue weighted by atomic mass is 10.1. The number of benzene rings is 3. The van der Waals surface area contributed by atoms with E-state index in [4.69, 9.17) is 21.1 Å². The minimum atomic E-state index is -4.53. The van der Waals surface area contributed by atoms with Gasteiger partial charge in [-0.2, -0.15) is 18.3 Å². The van der Waals surface area contributed by atoms with Crippen LogP contribution in [0.3, 0.4) is 0 Å². The third-order valence-corrected chi connectivity index (χ3v) is 4.58. The second kappa shape index (κ2) is 10.2. The number of amides is 1. The Morgan fingerprint density at radius 2 is 1.81 bits per heavy atom. The smallest absolute Gasteiger partial charge is 0.416 e. The van der Waals surface area contributed by atoms with Gasteiger partial charge >= 0.3 is 6.18 Å². The van der Waals surface area contributed by atoms with Crippen molar-refractivity contribution in [1.82, 2.24) is 5.43 Å². The molecule has 32 heavy (non-hydrogen) atoms. The quantitative estimate of drug-likeness (QED) is 0.361. The third-order valence-electron chi connectivity index (χ3n) is 4.33. The molecule has 1 amide bonds. The molecule has 0 saturated heterocycles. The average Bonchev–Trinajstić information content (AvgIpc) is 2.78. The highest BCUT2D eigenvalue weighted by Crippen LogP contribution is 2.30. The Morgan fingerprint density at radius 3 is 2.50 bits per heavy atom. The Labute approximate surface area is 187 Å². The van der Waals surface area contributed by atoms with Crippen LogP contribution in [-0.4, -0.2) is 19.2 Å². The predicted molar refractivity (Wildman–Crippen MR) is 115 cm³/mol. The number of hydrazone groups is 1. The maximum absolute atomic E-state index is 12.8. The highest BCUT2D eigenvalue weighted by molar-refractivity contribution is 6.30. The van der Waals surface area contributed by atoms with E-state index in [1.807, 2.05) is 12.1 Å². The molecule has 9 heteroatoms. The van der Waals surface area contributed by atoms with E-state index in [1.165, 1.54) is 19.4 Å². The Kier molecular flexibility index (Phi) is 7.37. The van der Waals surface area contributed by atoms with Crippen molar-refractivity contribution in [3.05, 3.63) is 94.0 Å². The van der Waals surface area contributed by atoms with Crippen LogP contribution in [0, 0.1) is 0 Å². The lowest BCUT2D eigenvalue weighted by Gasteiger charge is -2.11. The summed E-state index contributed by atoms with van der Waals surface area (Å²) in [5.41, 5.74) is 2.67. The first-order valence-corrected chi connectivity index (χ1v) is 9.70. The van der Waals surface area contributed by atoms with Crippen LogP contribution in [0.5, 0.6) is 11.5 Å². The normalized spacial score (nSPS) is 11.4. The van der Waals surface area contributed by atoms with E-state index in [0.717, 1.165) is 23.8 Å². The number of hydrogen-bond donors (Lipinski definition) is 1. The van der Waals surface area contributed by atoms with Crippen molar-refractivity contribution in [3.8, 4) is 11.5 Å². The molecule has 0 aromatic heterocycles. The van der Waals surface area contributed by atoms with E-state index in [9.17, 15) is 18.0 Å². The molecule has 0 aliphatic rings. The second-order valence-electron chi connectivity index (χ2n) is 6.60. The Hall–Kier alpha value is -3.52. The molecule has 0 radical (unpaired) electrons. The average molecular weight is 463 g/mol. The van der Waals surface area contributed by atoms with Crippen molar-refractivity contribution in [2.75, 3.05) is 7.11 Å². The minimum Gasteiger partial charge on any atom is -0.493 e. The summed E-state index contributed by atoms with van der Waals surface area (Å²) < 4.78 is 49.5. The van der Waals surface area contributed by atoms with Crippen molar-refractivity contribution in [2.24, 2.45) is 5.10 Å². The van der Waals surface area contributed by atoms with Crippen LogP contribution in [0.2, 0.25) is 5.02 Å². The van der Waals surface area contributed by atoms with Crippen LogP contribution >= 0.6 is 11.6 Å². The first kappa shape index (κ1) is 23.1. The van der Waals surface area contributed by atoms with Gasteiger partial charge in [-0.3, -0.25) is 4.79 Å². The summed E-state index contributed by atoms with van der Waals surface area (Å²) in [4.78, 5) is 12.1. The maximum Gasteiger partial charge on any atom is 0.416 e. The zero-order valence-electron chi connectivity index (χ0n) is 16.8. The molecule has 5 nitrogen and oxygen atoms in total. The number of hydrogen-bond acceptors (Lipinski definition) is 4. The molecule has 0 spiro atoms. The largest absolute Gasteiger partial charge is 0.493 e. The molecule has 3 rings (SSSR count). The number of rotatable bonds is 7. The van der Waals surface area contributed by atoms with Crippen molar-refractivity contribution < 1.29 is 27.4 Å². The van der Waals surface area contributed by atoms with Gasteiger partial charge in [-0.25, -0.2) is 5.43 Å². The van der Waals surface area contributed by atoms with Crippen molar-refractivity contribution >= 4 is 23.7 Å². The van der Waals surface area contributed by atoms with Crippen LogP contribution in [0.25, 0.3) is 0 Å². The zero-order valence-corrected chi connectivity index (χ0v) is 17.6. The van der Waals surface area contributed by atoms with Crippen LogP contribution in [0.1, 0.15) is 27.0 Å². The molecule has 3 aromatic carbocycles. The maximum atomic E-state index is 12.8. The summed E-state index contributed by atoms with van der Waals surface area (Å²) in [7, 11) is 1.49. The van der Waals surface area contributed by atoms with Gasteiger partial charge in [0.15, 0.2) is 11.5 Å². The fourth-order valence-corrected chi connectivity index (χ4v) is 2.82. The molecule has 166 valence electrons. The topological polar surface area (TPSA) is 59.9 Å². The summed E-state index contributed by atoms with van der Waals surface area (Å²) in [6.07, 6.45) is -3.19. The molecule has 0 heterocycles. The summed E-state index contributed by atoms with van der Waals surface area (Å²) in [5.74, 6) is 0.196. The lowest BCUT2D eigenvalue weighted by molar-refractivity contribution is -0.137. The number of carbonyl (C=O) groups excluding carboxylic acids is 1. The van der Waals surface area contributed by atoms with E-state index in [1.54, 1.807) is 30.3 Å². The molecular formula is C23H18ClF3N2O3. The molecule has 0 bridgehead atoms. The van der Waals surface area contributed by atoms with E-state index in [-0.39, 0.29) is 5.56 Å². The van der Waals surface area contributed by atoms with Gasteiger partial charge in [0.2, 0.25) is 0 Å². The fourth-order valence-electron chi connectivity index (χ4n) is 2.69. The summed E-state index contributed by atoms with van der Waals surface area (Å²) in [6, 6.07) is 16.4. The van der Waals surface area contributed by atoms with Crippen molar-refractivity contribution in [2.45, 2.75) is 12.8 Å². The van der Waals surface area contributed by atoms with E-state index in [2.05, 4.69) is 10.5 Å². The predicted octanol–water partition coefficient (Wildman–Crippen LogP) is 5.71. The van der Waals surface area contributed by atoms with Gasteiger partial charge in [0.05, 0.1) is 18.9 Å². The fraction of sp³-hybridized carbons (Fsp3) is 0.130. The van der Waals surface area contributed by atoms with Gasteiger partial charge in [0.1, 0.15) is 6.61 Å². The molecule has 0 fully saturated rings. The molecule has 1 N–H and O–H groups in total. The first-order valence-electron chi connectivity index (χ1n) is 9.32. The number of carbonyl (C=O) groups is 1. The van der Waals surface area contributed by atoms with Crippen molar-refractivity contribution in [3.63, 3.8) is 0 Å². The molecule has 0 aliphatic carbocycles. The Bertz CT molecular complexity index is 1120. The molecule has 0 saturated carbocycles. The number of halogens is 4. The zero-order chi connectivity index (χ0) is 23.1. The molecule has 0 aliphatic heterocycles. The van der Waals surface area contributed by atoms with Crippen LogP contribution in [0.4, 0.5) is 13.2 Å². The van der Waals surface area contributed by atoms with Gasteiger partial charge in [0, 0.05) is 10.6 Å². The monoisotopic (exact) mass is 462 g/mol. The number of nitrogens with one attached hydrogen (secondary N) is 1. The Morgan fingerprint density at radius 1 is 1.06 bits per heavy atom. The van der Waals surface area contributed by atoms with E-state index < -0.39 is 17.6 Å². The second-order valence-corrected chi connectivity index (χ2v) is 7.04. The number of methoxy groups -OCH3 is 1. The van der Waals surface area contributed by atoms with Crippen LogP contribution < -0.4 is 14.9 Å². The van der Waals surface area contributed by atoms with E-state index in [0.29, 0.717) is 28.7 Å². The number of alkyl halides is 3. The lowest BCUT2D eigenvalue weighted by Crippen LogP contribution is -2.18. The van der Waals surface area contributed by atoms with Crippen molar-refractivity contribution in [1.29, 1.82) is 0 Å². The van der Waals surface area contributed by atoms with Gasteiger partial charge in [-0.15, -0.1) is 0 Å². The summed E-state index contributed by atoms with van der Waals surface area (Å²) in [5, 5.41) is 4.44. The van der Waals surface area contributed by atoms with E-state index >= 15 is 0 Å². The summed E-state index contributed by atoms with van der Waals surface area (Å²) >= 11 is 5.87. The first-order chi connectivity index (χ1) is 15.3. The van der Waals surface area contributed by atoms with Gasteiger partial charge < -0.3 is 9.47 Å². The van der Waals surface area contributed by atoms with Gasteiger partial charge in [-0.1, -0.05) is 29.8 Å². The molecular weight excluding hydrogens is 445 g/mol. The third kappa shape index (κ3) is 6.24. The highest BCUT2D eigenvalue weighted by atomic mass is 35.5. The van der Waals surface area contributed by atoms with Crippen LogP contribution in [0.15, 0.2) is 71.8 Å². The number of ether oxygens (including phenoxy) is 2.